The van der Waals surface area contributed by atoms with E-state index in [-0.39, 0.29) is 42.9 Å². The number of aliphatic imine (C=N–C) groups is 1. The van der Waals surface area contributed by atoms with E-state index in [1.165, 1.54) is 0 Å². The fraction of sp³-hybridized carbons (Fsp3) is 0.938. The maximum atomic E-state index is 12.7. The van der Waals surface area contributed by atoms with E-state index in [1.54, 1.807) is 7.05 Å². The van der Waals surface area contributed by atoms with E-state index in [4.69, 9.17) is 0 Å². The predicted octanol–water partition coefficient (Wildman–Crippen LogP) is 3.59. The predicted molar refractivity (Wildman–Crippen MR) is 99.7 cm³/mol. The fourth-order valence-corrected chi connectivity index (χ4v) is 3.59. The molecule has 0 bridgehead atoms. The lowest BCUT2D eigenvalue weighted by Gasteiger charge is -2.34. The van der Waals surface area contributed by atoms with E-state index in [0.29, 0.717) is 25.3 Å². The molecule has 2 fully saturated rings. The Morgan fingerprint density at radius 3 is 2.21 bits per heavy atom. The first-order valence-corrected chi connectivity index (χ1v) is 8.59. The number of rotatable bonds is 3. The van der Waals surface area contributed by atoms with Gasteiger partial charge in [-0.3, -0.25) is 4.99 Å². The van der Waals surface area contributed by atoms with E-state index in [1.807, 2.05) is 0 Å². The Bertz CT molecular complexity index is 404. The summed E-state index contributed by atoms with van der Waals surface area (Å²) >= 11 is 0. The molecule has 142 valence electrons. The first-order valence-electron chi connectivity index (χ1n) is 8.59. The van der Waals surface area contributed by atoms with E-state index >= 15 is 0 Å². The molecule has 0 aromatic heterocycles. The van der Waals surface area contributed by atoms with Crippen LogP contribution in [0.1, 0.15) is 57.8 Å². The molecule has 2 rings (SSSR count). The van der Waals surface area contributed by atoms with Gasteiger partial charge in [0.05, 0.1) is 11.5 Å². The largest absolute Gasteiger partial charge is 0.391 e. The fourth-order valence-electron chi connectivity index (χ4n) is 3.59. The Kier molecular flexibility index (Phi) is 8.58. The highest BCUT2D eigenvalue weighted by Gasteiger charge is 2.41. The van der Waals surface area contributed by atoms with Crippen molar-refractivity contribution < 1.29 is 18.3 Å². The van der Waals surface area contributed by atoms with E-state index in [0.717, 1.165) is 32.1 Å². The number of hydrogen-bond donors (Lipinski definition) is 3. The Balaban J connectivity index is 0.00000288. The van der Waals surface area contributed by atoms with Gasteiger partial charge in [-0.1, -0.05) is 19.3 Å². The van der Waals surface area contributed by atoms with Gasteiger partial charge in [0, 0.05) is 19.6 Å². The highest BCUT2D eigenvalue weighted by atomic mass is 127. The summed E-state index contributed by atoms with van der Waals surface area (Å²) in [7, 11) is 1.64. The van der Waals surface area contributed by atoms with Crippen LogP contribution in [0.4, 0.5) is 13.2 Å². The molecule has 0 spiro atoms. The first-order chi connectivity index (χ1) is 10.8. The molecule has 8 heteroatoms. The summed E-state index contributed by atoms with van der Waals surface area (Å²) in [5, 5.41) is 16.8. The summed E-state index contributed by atoms with van der Waals surface area (Å²) in [6, 6.07) is 0.0146. The number of nitrogens with one attached hydrogen (secondary N) is 2. The quantitative estimate of drug-likeness (QED) is 0.341. The number of guanidine groups is 1. The lowest BCUT2D eigenvalue weighted by molar-refractivity contribution is -0.182. The Morgan fingerprint density at radius 2 is 1.71 bits per heavy atom. The van der Waals surface area contributed by atoms with Crippen LogP contribution in [0.15, 0.2) is 4.99 Å². The van der Waals surface area contributed by atoms with Crippen molar-refractivity contribution in [2.24, 2.45) is 10.9 Å². The summed E-state index contributed by atoms with van der Waals surface area (Å²) in [6.45, 7) is 0.435. The summed E-state index contributed by atoms with van der Waals surface area (Å²) in [5.41, 5.74) is -0.691. The summed E-state index contributed by atoms with van der Waals surface area (Å²) in [6.07, 6.45) is 2.06. The lowest BCUT2D eigenvalue weighted by Crippen LogP contribution is -2.51. The smallest absolute Gasteiger partial charge is 0.388 e. The van der Waals surface area contributed by atoms with E-state index in [9.17, 15) is 18.3 Å². The molecule has 0 aromatic carbocycles. The normalized spacial score (nSPS) is 28.0. The van der Waals surface area contributed by atoms with Gasteiger partial charge in [0.25, 0.3) is 0 Å². The molecule has 4 nitrogen and oxygen atoms in total. The standard InChI is InChI=1S/C16H28F3N3O.HI/c1-20-14(21-11-15(23)9-3-2-4-10-15)22-13-7-5-12(6-8-13)16(17,18)19;/h12-13,23H,2-11H2,1H3,(H2,20,21,22);1H. The van der Waals surface area contributed by atoms with Gasteiger partial charge in [0.2, 0.25) is 0 Å². The third-order valence-electron chi connectivity index (χ3n) is 5.12. The van der Waals surface area contributed by atoms with Gasteiger partial charge in [-0.05, 0) is 38.5 Å². The minimum Gasteiger partial charge on any atom is -0.388 e. The molecule has 0 amide bonds. The van der Waals surface area contributed by atoms with Gasteiger partial charge < -0.3 is 15.7 Å². The molecule has 24 heavy (non-hydrogen) atoms. The van der Waals surface area contributed by atoms with Crippen LogP contribution in [0.5, 0.6) is 0 Å². The average molecular weight is 463 g/mol. The SMILES string of the molecule is CN=C(NCC1(O)CCCCC1)NC1CCC(C(F)(F)F)CC1.I. The van der Waals surface area contributed by atoms with Crippen molar-refractivity contribution in [1.82, 2.24) is 10.6 Å². The monoisotopic (exact) mass is 463 g/mol. The molecule has 0 radical (unpaired) electrons. The maximum Gasteiger partial charge on any atom is 0.391 e. The highest BCUT2D eigenvalue weighted by Crippen LogP contribution is 2.37. The third kappa shape index (κ3) is 6.57. The zero-order valence-corrected chi connectivity index (χ0v) is 16.5. The van der Waals surface area contributed by atoms with Gasteiger partial charge in [-0.15, -0.1) is 24.0 Å². The minimum atomic E-state index is -4.07. The molecule has 2 aliphatic carbocycles. The summed E-state index contributed by atoms with van der Waals surface area (Å²) in [5.74, 6) is -0.599. The van der Waals surface area contributed by atoms with Crippen LogP contribution in [0.3, 0.4) is 0 Å². The second-order valence-corrected chi connectivity index (χ2v) is 6.95. The Hall–Kier alpha value is -0.250. The molecule has 0 aliphatic heterocycles. The van der Waals surface area contributed by atoms with Crippen LogP contribution in [0.2, 0.25) is 0 Å². The van der Waals surface area contributed by atoms with Crippen LogP contribution in [-0.2, 0) is 0 Å². The Labute approximate surface area is 159 Å². The lowest BCUT2D eigenvalue weighted by atomic mass is 9.85. The molecule has 0 aromatic rings. The van der Waals surface area contributed by atoms with E-state index in [2.05, 4.69) is 15.6 Å². The number of halogens is 4. The summed E-state index contributed by atoms with van der Waals surface area (Å²) in [4.78, 5) is 4.13. The van der Waals surface area contributed by atoms with Crippen LogP contribution in [0, 0.1) is 5.92 Å². The molecule has 3 N–H and O–H groups in total. The van der Waals surface area contributed by atoms with Crippen LogP contribution >= 0.6 is 24.0 Å². The van der Waals surface area contributed by atoms with Crippen molar-refractivity contribution in [1.29, 1.82) is 0 Å². The zero-order valence-electron chi connectivity index (χ0n) is 14.2. The molecule has 2 saturated carbocycles. The molecule has 0 heterocycles. The van der Waals surface area contributed by atoms with E-state index < -0.39 is 17.7 Å². The molecule has 0 atom stereocenters. The van der Waals surface area contributed by atoms with Gasteiger partial charge in [0.1, 0.15) is 0 Å². The number of nitrogens with zero attached hydrogens (tertiary/aromatic N) is 1. The second-order valence-electron chi connectivity index (χ2n) is 6.95. The van der Waals surface area contributed by atoms with Crippen LogP contribution < -0.4 is 10.6 Å². The topological polar surface area (TPSA) is 56.7 Å². The average Bonchev–Trinajstić information content (AvgIpc) is 2.52. The number of aliphatic hydroxyl groups is 1. The minimum absolute atomic E-state index is 0. The van der Waals surface area contributed by atoms with Crippen LogP contribution in [0.25, 0.3) is 0 Å². The second kappa shape index (κ2) is 9.45. The number of alkyl halides is 3. The number of hydrogen-bond acceptors (Lipinski definition) is 2. The molecule has 0 unspecified atom stereocenters. The van der Waals surface area contributed by atoms with Gasteiger partial charge in [-0.2, -0.15) is 13.2 Å². The highest BCUT2D eigenvalue weighted by molar-refractivity contribution is 14.0. The van der Waals surface area contributed by atoms with Crippen molar-refractivity contribution >= 4 is 29.9 Å². The van der Waals surface area contributed by atoms with Crippen molar-refractivity contribution in [3.8, 4) is 0 Å². The summed E-state index contributed by atoms with van der Waals surface area (Å²) < 4.78 is 38.0. The Morgan fingerprint density at radius 1 is 1.12 bits per heavy atom. The maximum absolute atomic E-state index is 12.7. The third-order valence-corrected chi connectivity index (χ3v) is 5.12. The van der Waals surface area contributed by atoms with Crippen molar-refractivity contribution in [3.63, 3.8) is 0 Å². The van der Waals surface area contributed by atoms with Crippen LogP contribution in [-0.4, -0.2) is 42.5 Å². The molecular weight excluding hydrogens is 434 g/mol. The molecule has 2 aliphatic rings. The van der Waals surface area contributed by atoms with Gasteiger partial charge in [-0.25, -0.2) is 0 Å². The van der Waals surface area contributed by atoms with Crippen molar-refractivity contribution in [3.05, 3.63) is 0 Å². The molecule has 0 saturated heterocycles. The van der Waals surface area contributed by atoms with Crippen molar-refractivity contribution in [2.75, 3.05) is 13.6 Å². The zero-order chi connectivity index (χ0) is 16.9. The van der Waals surface area contributed by atoms with Gasteiger partial charge >= 0.3 is 6.18 Å². The molecular formula is C16H29F3IN3O. The first kappa shape index (κ1) is 21.8. The van der Waals surface area contributed by atoms with Gasteiger partial charge in [0.15, 0.2) is 5.96 Å². The van der Waals surface area contributed by atoms with Crippen molar-refractivity contribution in [2.45, 2.75) is 75.6 Å².